The topological polar surface area (TPSA) is 68.4 Å². The van der Waals surface area contributed by atoms with Crippen molar-refractivity contribution in [1.82, 2.24) is 19.5 Å². The molecule has 1 saturated heterocycles. The van der Waals surface area contributed by atoms with E-state index in [0.29, 0.717) is 36.6 Å². The highest BCUT2D eigenvalue weighted by atomic mass is 32.2. The molecule has 21 heavy (non-hydrogen) atoms. The molecular weight excluding hydrogens is 288 g/mol. The van der Waals surface area contributed by atoms with Crippen molar-refractivity contribution in [3.63, 3.8) is 0 Å². The molecule has 1 atom stereocenters. The molecule has 1 aliphatic heterocycles. The Balaban J connectivity index is 1.66. The predicted molar refractivity (Wildman–Crippen MR) is 81.5 cm³/mol. The quantitative estimate of drug-likeness (QED) is 0.807. The van der Waals surface area contributed by atoms with Crippen LogP contribution in [0.25, 0.3) is 0 Å². The van der Waals surface area contributed by atoms with E-state index in [1.165, 1.54) is 12.8 Å². The second-order valence-corrected chi connectivity index (χ2v) is 8.22. The maximum absolute atomic E-state index is 12.6. The summed E-state index contributed by atoms with van der Waals surface area (Å²) in [6, 6.07) is 2.69. The molecule has 0 spiro atoms. The van der Waals surface area contributed by atoms with E-state index in [2.05, 4.69) is 15.2 Å². The molecule has 0 bridgehead atoms. The number of nitrogens with one attached hydrogen (secondary N) is 2. The summed E-state index contributed by atoms with van der Waals surface area (Å²) in [5, 5.41) is 3.38. The molecule has 2 N–H and O–H groups in total. The molecule has 6 nitrogen and oxygen atoms in total. The molecule has 1 aromatic rings. The molecule has 2 heterocycles. The zero-order valence-electron chi connectivity index (χ0n) is 12.7. The van der Waals surface area contributed by atoms with Crippen LogP contribution in [0.3, 0.4) is 0 Å². The summed E-state index contributed by atoms with van der Waals surface area (Å²) >= 11 is 0. The number of hydrogen-bond donors (Lipinski definition) is 2. The van der Waals surface area contributed by atoms with Gasteiger partial charge in [0.05, 0.1) is 4.90 Å². The summed E-state index contributed by atoms with van der Waals surface area (Å²) in [7, 11) is 0.638. The Kier molecular flexibility index (Phi) is 4.09. The average Bonchev–Trinajstić information content (AvgIpc) is 2.96. The van der Waals surface area contributed by atoms with Crippen molar-refractivity contribution in [3.05, 3.63) is 18.0 Å². The lowest BCUT2D eigenvalue weighted by Crippen LogP contribution is -2.34. The highest BCUT2D eigenvalue weighted by Crippen LogP contribution is 2.24. The SMILES string of the molecule is CN(C)C1CCN(S(=O)(=O)c2c[nH]c(CNC3CC3)c2)C1. The summed E-state index contributed by atoms with van der Waals surface area (Å²) in [6.45, 7) is 1.89. The molecule has 0 amide bonds. The van der Waals surface area contributed by atoms with Crippen molar-refractivity contribution in [2.24, 2.45) is 0 Å². The third kappa shape index (κ3) is 3.31. The van der Waals surface area contributed by atoms with Crippen LogP contribution in [0, 0.1) is 0 Å². The first kappa shape index (κ1) is 15.0. The van der Waals surface area contributed by atoms with Gasteiger partial charge in [0.15, 0.2) is 0 Å². The number of sulfonamides is 1. The number of aromatic amines is 1. The van der Waals surface area contributed by atoms with E-state index < -0.39 is 10.0 Å². The number of likely N-dealkylation sites (N-methyl/N-ethyl adjacent to an activating group) is 1. The van der Waals surface area contributed by atoms with Crippen molar-refractivity contribution in [2.45, 2.75) is 42.8 Å². The van der Waals surface area contributed by atoms with Crippen LogP contribution in [0.2, 0.25) is 0 Å². The highest BCUT2D eigenvalue weighted by molar-refractivity contribution is 7.89. The fourth-order valence-corrected chi connectivity index (χ4v) is 4.22. The minimum atomic E-state index is -3.36. The highest BCUT2D eigenvalue weighted by Gasteiger charge is 2.33. The monoisotopic (exact) mass is 312 g/mol. The van der Waals surface area contributed by atoms with Gasteiger partial charge in [-0.25, -0.2) is 8.42 Å². The van der Waals surface area contributed by atoms with Crippen LogP contribution in [0.5, 0.6) is 0 Å². The van der Waals surface area contributed by atoms with Crippen molar-refractivity contribution in [2.75, 3.05) is 27.2 Å². The zero-order valence-corrected chi connectivity index (χ0v) is 13.5. The zero-order chi connectivity index (χ0) is 15.0. The van der Waals surface area contributed by atoms with Crippen LogP contribution in [-0.2, 0) is 16.6 Å². The lowest BCUT2D eigenvalue weighted by atomic mass is 10.2. The van der Waals surface area contributed by atoms with Crippen molar-refractivity contribution in [3.8, 4) is 0 Å². The van der Waals surface area contributed by atoms with Gasteiger partial charge in [-0.15, -0.1) is 0 Å². The summed E-state index contributed by atoms with van der Waals surface area (Å²) in [5.41, 5.74) is 0.934. The number of H-pyrrole nitrogens is 1. The van der Waals surface area contributed by atoms with Crippen LogP contribution in [0.15, 0.2) is 17.2 Å². The minimum Gasteiger partial charge on any atom is -0.363 e. The van der Waals surface area contributed by atoms with Crippen LogP contribution in [0.4, 0.5) is 0 Å². The Morgan fingerprint density at radius 2 is 2.14 bits per heavy atom. The van der Waals surface area contributed by atoms with Crippen LogP contribution >= 0.6 is 0 Å². The van der Waals surface area contributed by atoms with E-state index >= 15 is 0 Å². The maximum atomic E-state index is 12.6. The van der Waals surface area contributed by atoms with Gasteiger partial charge < -0.3 is 15.2 Å². The molecule has 1 saturated carbocycles. The number of hydrogen-bond acceptors (Lipinski definition) is 4. The van der Waals surface area contributed by atoms with Crippen LogP contribution in [-0.4, -0.2) is 61.9 Å². The Hall–Kier alpha value is -0.890. The predicted octanol–water partition coefficient (Wildman–Crippen LogP) is 0.591. The normalized spacial score (nSPS) is 24.0. The van der Waals surface area contributed by atoms with Gasteiger partial charge in [0, 0.05) is 43.6 Å². The van der Waals surface area contributed by atoms with Gasteiger partial charge in [-0.2, -0.15) is 4.31 Å². The summed E-state index contributed by atoms with van der Waals surface area (Å²) in [4.78, 5) is 5.55. The number of aromatic nitrogens is 1. The van der Waals surface area contributed by atoms with E-state index in [1.807, 2.05) is 14.1 Å². The lowest BCUT2D eigenvalue weighted by Gasteiger charge is -2.19. The van der Waals surface area contributed by atoms with Crippen molar-refractivity contribution >= 4 is 10.0 Å². The summed E-state index contributed by atoms with van der Waals surface area (Å²) in [6.07, 6.45) is 4.96. The third-order valence-electron chi connectivity index (χ3n) is 4.37. The molecule has 7 heteroatoms. The molecule has 1 unspecified atom stereocenters. The first-order valence-corrected chi connectivity index (χ1v) is 8.98. The Morgan fingerprint density at radius 1 is 1.38 bits per heavy atom. The smallest absolute Gasteiger partial charge is 0.244 e. The third-order valence-corrected chi connectivity index (χ3v) is 6.21. The van der Waals surface area contributed by atoms with Gasteiger partial charge in [-0.1, -0.05) is 0 Å². The van der Waals surface area contributed by atoms with E-state index in [0.717, 1.165) is 12.1 Å². The first-order chi connectivity index (χ1) is 9.96. The van der Waals surface area contributed by atoms with Gasteiger partial charge in [0.25, 0.3) is 0 Å². The summed E-state index contributed by atoms with van der Waals surface area (Å²) < 4.78 is 26.9. The van der Waals surface area contributed by atoms with E-state index in [-0.39, 0.29) is 0 Å². The lowest BCUT2D eigenvalue weighted by molar-refractivity contribution is 0.302. The van der Waals surface area contributed by atoms with Crippen LogP contribution in [0.1, 0.15) is 25.0 Å². The molecule has 2 fully saturated rings. The Bertz CT molecular complexity index is 592. The second-order valence-electron chi connectivity index (χ2n) is 6.28. The van der Waals surface area contributed by atoms with Crippen molar-refractivity contribution in [1.29, 1.82) is 0 Å². The summed E-state index contributed by atoms with van der Waals surface area (Å²) in [5.74, 6) is 0. The van der Waals surface area contributed by atoms with E-state index in [1.54, 1.807) is 16.6 Å². The van der Waals surface area contributed by atoms with Crippen LogP contribution < -0.4 is 5.32 Å². The Morgan fingerprint density at radius 3 is 2.76 bits per heavy atom. The largest absolute Gasteiger partial charge is 0.363 e. The van der Waals surface area contributed by atoms with Gasteiger partial charge in [-0.3, -0.25) is 0 Å². The van der Waals surface area contributed by atoms with Gasteiger partial charge >= 0.3 is 0 Å². The van der Waals surface area contributed by atoms with E-state index in [4.69, 9.17) is 0 Å². The molecule has 3 rings (SSSR count). The molecule has 1 aliphatic carbocycles. The van der Waals surface area contributed by atoms with Gasteiger partial charge in [-0.05, 0) is 39.4 Å². The molecule has 1 aromatic heterocycles. The fourth-order valence-electron chi connectivity index (χ4n) is 2.71. The van der Waals surface area contributed by atoms with Gasteiger partial charge in [0.2, 0.25) is 10.0 Å². The number of rotatable bonds is 6. The molecule has 118 valence electrons. The molecule has 0 aromatic carbocycles. The first-order valence-electron chi connectivity index (χ1n) is 7.54. The maximum Gasteiger partial charge on any atom is 0.244 e. The standard InChI is InChI=1S/C14H24N4O2S/c1-17(2)13-5-6-18(10-13)21(19,20)14-7-12(16-9-14)8-15-11-3-4-11/h7,9,11,13,15-16H,3-6,8,10H2,1-2H3. The van der Waals surface area contributed by atoms with Crippen molar-refractivity contribution < 1.29 is 8.42 Å². The molecule has 0 radical (unpaired) electrons. The van der Waals surface area contributed by atoms with Gasteiger partial charge in [0.1, 0.15) is 0 Å². The Labute approximate surface area is 126 Å². The average molecular weight is 312 g/mol. The molecular formula is C14H24N4O2S. The molecule has 2 aliphatic rings. The van der Waals surface area contributed by atoms with E-state index in [9.17, 15) is 8.42 Å². The fraction of sp³-hybridized carbons (Fsp3) is 0.714. The number of nitrogens with zero attached hydrogens (tertiary/aromatic N) is 2. The second kappa shape index (κ2) is 5.72. The minimum absolute atomic E-state index is 0.315.